The van der Waals surface area contributed by atoms with Crippen LogP contribution in [0.25, 0.3) is 0 Å². The monoisotopic (exact) mass is 309 g/mol. The third kappa shape index (κ3) is 2.54. The van der Waals surface area contributed by atoms with Crippen molar-refractivity contribution in [2.45, 2.75) is 11.7 Å². The van der Waals surface area contributed by atoms with E-state index < -0.39 is 23.1 Å². The van der Waals surface area contributed by atoms with Crippen molar-refractivity contribution in [3.8, 4) is 0 Å². The van der Waals surface area contributed by atoms with Crippen LogP contribution < -0.4 is 10.9 Å². The number of thioether (sulfide) groups is 1. The lowest BCUT2D eigenvalue weighted by atomic mass is 10.2. The average molecular weight is 309 g/mol. The summed E-state index contributed by atoms with van der Waals surface area (Å²) in [5.41, 5.74) is -0.505. The molecule has 1 aromatic heterocycles. The van der Waals surface area contributed by atoms with Gasteiger partial charge in [-0.25, -0.2) is 13.8 Å². The van der Waals surface area contributed by atoms with Gasteiger partial charge in [-0.3, -0.25) is 14.2 Å². The van der Waals surface area contributed by atoms with Gasteiger partial charge in [0.1, 0.15) is 5.56 Å². The number of carbonyl (C=O) groups excluding carboxylic acids is 1. The van der Waals surface area contributed by atoms with Gasteiger partial charge >= 0.3 is 0 Å². The highest BCUT2D eigenvalue weighted by atomic mass is 32.2. The predicted molar refractivity (Wildman–Crippen MR) is 73.5 cm³/mol. The van der Waals surface area contributed by atoms with Gasteiger partial charge in [-0.15, -0.1) is 0 Å². The summed E-state index contributed by atoms with van der Waals surface area (Å²) >= 11 is 1.44. The Balaban J connectivity index is 1.89. The van der Waals surface area contributed by atoms with Gasteiger partial charge in [0.2, 0.25) is 0 Å². The molecule has 0 unspecified atom stereocenters. The first kappa shape index (κ1) is 13.7. The number of fused-ring (bicyclic) bond motifs is 1. The highest BCUT2D eigenvalue weighted by Crippen LogP contribution is 2.20. The predicted octanol–water partition coefficient (Wildman–Crippen LogP) is 1.88. The molecule has 1 aliphatic rings. The van der Waals surface area contributed by atoms with E-state index in [0.717, 1.165) is 17.9 Å². The number of anilines is 1. The molecule has 2 heterocycles. The van der Waals surface area contributed by atoms with Crippen molar-refractivity contribution in [3.05, 3.63) is 51.9 Å². The summed E-state index contributed by atoms with van der Waals surface area (Å²) in [5.74, 6) is -2.06. The molecule has 0 aliphatic carbocycles. The van der Waals surface area contributed by atoms with Crippen LogP contribution in [0.3, 0.4) is 0 Å². The summed E-state index contributed by atoms with van der Waals surface area (Å²) in [6.45, 7) is 0.498. The van der Waals surface area contributed by atoms with Gasteiger partial charge in [-0.1, -0.05) is 11.8 Å². The second-order valence-electron chi connectivity index (χ2n) is 4.34. The third-order valence-corrected chi connectivity index (χ3v) is 3.95. The maximum Gasteiger partial charge on any atom is 0.267 e. The number of hydrogen-bond donors (Lipinski definition) is 1. The lowest BCUT2D eigenvalue weighted by Crippen LogP contribution is -2.29. The van der Waals surface area contributed by atoms with E-state index in [-0.39, 0.29) is 11.3 Å². The second kappa shape index (κ2) is 5.28. The first-order valence-corrected chi connectivity index (χ1v) is 7.04. The maximum atomic E-state index is 13.1. The molecule has 2 aromatic rings. The molecular weight excluding hydrogens is 300 g/mol. The largest absolute Gasteiger partial charge is 0.322 e. The van der Waals surface area contributed by atoms with Gasteiger partial charge in [0, 0.05) is 30.2 Å². The number of nitrogens with one attached hydrogen (secondary N) is 1. The smallest absolute Gasteiger partial charge is 0.267 e. The van der Waals surface area contributed by atoms with E-state index in [9.17, 15) is 18.4 Å². The Labute approximate surface area is 122 Å². The van der Waals surface area contributed by atoms with E-state index in [1.807, 2.05) is 0 Å². The van der Waals surface area contributed by atoms with Gasteiger partial charge in [0.15, 0.2) is 16.8 Å². The number of carbonyl (C=O) groups is 1. The van der Waals surface area contributed by atoms with Crippen molar-refractivity contribution < 1.29 is 13.6 Å². The Bertz CT molecular complexity index is 791. The Hall–Kier alpha value is -2.22. The molecule has 1 amide bonds. The van der Waals surface area contributed by atoms with Gasteiger partial charge < -0.3 is 5.32 Å². The summed E-state index contributed by atoms with van der Waals surface area (Å²) in [5, 5.41) is 2.93. The van der Waals surface area contributed by atoms with Crippen molar-refractivity contribution >= 4 is 23.4 Å². The van der Waals surface area contributed by atoms with Crippen molar-refractivity contribution in [2.75, 3.05) is 11.1 Å². The minimum Gasteiger partial charge on any atom is -0.322 e. The van der Waals surface area contributed by atoms with Crippen LogP contribution in [0.5, 0.6) is 0 Å². The van der Waals surface area contributed by atoms with Crippen LogP contribution in [-0.4, -0.2) is 21.2 Å². The summed E-state index contributed by atoms with van der Waals surface area (Å²) in [6.07, 6.45) is 1.20. The molecule has 5 nitrogen and oxygen atoms in total. The summed E-state index contributed by atoms with van der Waals surface area (Å²) in [4.78, 5) is 28.2. The van der Waals surface area contributed by atoms with Crippen LogP contribution in [-0.2, 0) is 6.54 Å². The van der Waals surface area contributed by atoms with E-state index in [0.29, 0.717) is 11.7 Å². The zero-order valence-electron chi connectivity index (χ0n) is 10.6. The topological polar surface area (TPSA) is 64.0 Å². The minimum atomic E-state index is -1.08. The standard InChI is InChI=1S/C13H9F2N3O2S/c14-9-2-1-7(5-10(9)15)17-11(19)8-6-16-13-18(12(8)20)3-4-21-13/h1-2,5-6H,3-4H2,(H,17,19). The van der Waals surface area contributed by atoms with Crippen molar-refractivity contribution in [1.82, 2.24) is 9.55 Å². The highest BCUT2D eigenvalue weighted by Gasteiger charge is 2.20. The first-order chi connectivity index (χ1) is 10.1. The van der Waals surface area contributed by atoms with Crippen LogP contribution in [0.1, 0.15) is 10.4 Å². The second-order valence-corrected chi connectivity index (χ2v) is 5.40. The zero-order valence-corrected chi connectivity index (χ0v) is 11.4. The van der Waals surface area contributed by atoms with Crippen LogP contribution in [0, 0.1) is 11.6 Å². The van der Waals surface area contributed by atoms with E-state index in [4.69, 9.17) is 0 Å². The number of amides is 1. The van der Waals surface area contributed by atoms with Crippen LogP contribution in [0.4, 0.5) is 14.5 Å². The lowest BCUT2D eigenvalue weighted by molar-refractivity contribution is 0.102. The quantitative estimate of drug-likeness (QED) is 0.860. The number of nitrogens with zero attached hydrogens (tertiary/aromatic N) is 2. The van der Waals surface area contributed by atoms with E-state index >= 15 is 0 Å². The molecule has 1 aromatic carbocycles. The molecule has 0 atom stereocenters. The maximum absolute atomic E-state index is 13.1. The summed E-state index contributed by atoms with van der Waals surface area (Å²) < 4.78 is 27.3. The average Bonchev–Trinajstić information content (AvgIpc) is 2.92. The van der Waals surface area contributed by atoms with Crippen LogP contribution in [0.2, 0.25) is 0 Å². The fourth-order valence-electron chi connectivity index (χ4n) is 1.95. The number of rotatable bonds is 2. The van der Waals surface area contributed by atoms with Gasteiger partial charge in [0.25, 0.3) is 11.5 Å². The van der Waals surface area contributed by atoms with Gasteiger partial charge in [-0.05, 0) is 12.1 Å². The number of benzene rings is 1. The molecule has 0 saturated carbocycles. The first-order valence-electron chi connectivity index (χ1n) is 6.05. The molecule has 108 valence electrons. The molecule has 0 saturated heterocycles. The fraction of sp³-hybridized carbons (Fsp3) is 0.154. The van der Waals surface area contributed by atoms with Crippen molar-refractivity contribution in [2.24, 2.45) is 0 Å². The van der Waals surface area contributed by atoms with Gasteiger partial charge in [-0.2, -0.15) is 0 Å². The molecule has 3 rings (SSSR count). The molecule has 0 bridgehead atoms. The third-order valence-electron chi connectivity index (χ3n) is 2.98. The molecule has 1 aliphatic heterocycles. The van der Waals surface area contributed by atoms with Crippen molar-refractivity contribution in [3.63, 3.8) is 0 Å². The zero-order chi connectivity index (χ0) is 15.0. The van der Waals surface area contributed by atoms with E-state index in [1.165, 1.54) is 28.6 Å². The summed E-state index contributed by atoms with van der Waals surface area (Å²) in [7, 11) is 0. The van der Waals surface area contributed by atoms with Gasteiger partial charge in [0.05, 0.1) is 0 Å². The molecule has 21 heavy (non-hydrogen) atoms. The molecule has 0 radical (unpaired) electrons. The normalized spacial score (nSPS) is 13.0. The Kier molecular flexibility index (Phi) is 3.46. The summed E-state index contributed by atoms with van der Waals surface area (Å²) in [6, 6.07) is 2.96. The Morgan fingerprint density at radius 1 is 1.33 bits per heavy atom. The Morgan fingerprint density at radius 3 is 2.90 bits per heavy atom. The Morgan fingerprint density at radius 2 is 2.14 bits per heavy atom. The number of hydrogen-bond acceptors (Lipinski definition) is 4. The molecule has 8 heteroatoms. The SMILES string of the molecule is O=C(Nc1ccc(F)c(F)c1)c1cnc2n(c1=O)CCS2. The molecule has 0 fully saturated rings. The molecule has 1 N–H and O–H groups in total. The fourth-order valence-corrected chi connectivity index (χ4v) is 2.86. The number of halogens is 2. The van der Waals surface area contributed by atoms with E-state index in [2.05, 4.69) is 10.3 Å². The number of aromatic nitrogens is 2. The van der Waals surface area contributed by atoms with E-state index in [1.54, 1.807) is 0 Å². The van der Waals surface area contributed by atoms with Crippen LogP contribution >= 0.6 is 11.8 Å². The van der Waals surface area contributed by atoms with Crippen molar-refractivity contribution in [1.29, 1.82) is 0 Å². The van der Waals surface area contributed by atoms with Crippen LogP contribution in [0.15, 0.2) is 34.3 Å². The lowest BCUT2D eigenvalue weighted by Gasteiger charge is -2.07. The minimum absolute atomic E-state index is 0.0678. The molecular formula is C13H9F2N3O2S. The molecule has 0 spiro atoms. The highest BCUT2D eigenvalue weighted by molar-refractivity contribution is 7.99.